The van der Waals surface area contributed by atoms with E-state index in [1.165, 1.54) is 16.7 Å². The fraction of sp³-hybridized carbons (Fsp3) is 0.200. The van der Waals surface area contributed by atoms with E-state index in [4.69, 9.17) is 5.14 Å². The van der Waals surface area contributed by atoms with Crippen molar-refractivity contribution >= 4 is 21.6 Å². The minimum atomic E-state index is -3.75. The molecule has 0 saturated carbocycles. The van der Waals surface area contributed by atoms with Crippen LogP contribution in [-0.2, 0) is 16.8 Å². The van der Waals surface area contributed by atoms with Crippen LogP contribution in [-0.4, -0.2) is 8.42 Å². The van der Waals surface area contributed by atoms with Crippen LogP contribution in [0, 0.1) is 13.8 Å². The average Bonchev–Trinajstić information content (AvgIpc) is 2.33. The Morgan fingerprint density at radius 2 is 1.62 bits per heavy atom. The first-order valence-electron chi connectivity index (χ1n) is 6.53. The van der Waals surface area contributed by atoms with Gasteiger partial charge in [0.15, 0.2) is 0 Å². The van der Waals surface area contributed by atoms with Crippen LogP contribution in [0.5, 0.6) is 0 Å². The Hall–Kier alpha value is -2.05. The Balaban J connectivity index is 2.08. The van der Waals surface area contributed by atoms with E-state index in [9.17, 15) is 8.42 Å². The molecule has 0 amide bonds. The van der Waals surface area contributed by atoms with E-state index in [1.54, 1.807) is 18.2 Å². The zero-order valence-electron chi connectivity index (χ0n) is 12.1. The number of benzene rings is 2. The molecule has 0 fully saturated rings. The molecule has 5 nitrogen and oxygen atoms in total. The number of nitrogens with two attached hydrogens (primary N) is 1. The molecule has 0 aliphatic carbocycles. The second-order valence-electron chi connectivity index (χ2n) is 5.08. The van der Waals surface area contributed by atoms with Gasteiger partial charge >= 0.3 is 0 Å². The highest BCUT2D eigenvalue weighted by Gasteiger charge is 2.03. The number of hydrogen-bond acceptors (Lipinski definition) is 3. The summed E-state index contributed by atoms with van der Waals surface area (Å²) in [4.78, 5) is 0. The molecule has 0 radical (unpaired) electrons. The molecule has 0 unspecified atom stereocenters. The Labute approximate surface area is 125 Å². The molecule has 0 atom stereocenters. The molecule has 2 aromatic carbocycles. The van der Waals surface area contributed by atoms with Crippen LogP contribution in [0.15, 0.2) is 42.5 Å². The molecule has 0 spiro atoms. The van der Waals surface area contributed by atoms with Crippen molar-refractivity contribution < 1.29 is 8.42 Å². The second kappa shape index (κ2) is 6.15. The summed E-state index contributed by atoms with van der Waals surface area (Å²) in [5.74, 6) is 0. The monoisotopic (exact) mass is 305 g/mol. The molecular weight excluding hydrogens is 286 g/mol. The van der Waals surface area contributed by atoms with Crippen LogP contribution < -0.4 is 15.2 Å². The van der Waals surface area contributed by atoms with Gasteiger partial charge < -0.3 is 5.32 Å². The van der Waals surface area contributed by atoms with Crippen molar-refractivity contribution in [2.75, 3.05) is 10.0 Å². The Bertz CT molecular complexity index is 722. The van der Waals surface area contributed by atoms with Gasteiger partial charge in [-0.15, -0.1) is 0 Å². The van der Waals surface area contributed by atoms with E-state index in [0.29, 0.717) is 12.2 Å². The normalized spacial score (nSPS) is 11.2. The molecule has 21 heavy (non-hydrogen) atoms. The fourth-order valence-corrected chi connectivity index (χ4v) is 2.69. The molecule has 112 valence electrons. The van der Waals surface area contributed by atoms with E-state index >= 15 is 0 Å². The molecule has 2 aromatic rings. The van der Waals surface area contributed by atoms with Gasteiger partial charge in [0.05, 0.1) is 5.69 Å². The number of aryl methyl sites for hydroxylation is 2. The number of rotatable bonds is 5. The lowest BCUT2D eigenvalue weighted by molar-refractivity contribution is 0.603. The first kappa shape index (κ1) is 15.3. The maximum absolute atomic E-state index is 11.0. The predicted octanol–water partition coefficient (Wildman–Crippen LogP) is 2.53. The predicted molar refractivity (Wildman–Crippen MR) is 86.4 cm³/mol. The van der Waals surface area contributed by atoms with E-state index in [2.05, 4.69) is 42.1 Å². The summed E-state index contributed by atoms with van der Waals surface area (Å²) in [6, 6.07) is 13.3. The van der Waals surface area contributed by atoms with Crippen molar-refractivity contribution in [3.8, 4) is 0 Å². The lowest BCUT2D eigenvalue weighted by atomic mass is 10.1. The Morgan fingerprint density at radius 3 is 2.24 bits per heavy atom. The van der Waals surface area contributed by atoms with Crippen molar-refractivity contribution in [2.24, 2.45) is 5.14 Å². The van der Waals surface area contributed by atoms with Gasteiger partial charge in [0, 0.05) is 12.2 Å². The molecular formula is C15H19N3O2S. The first-order chi connectivity index (χ1) is 9.82. The third-order valence-corrected chi connectivity index (χ3v) is 3.42. The molecule has 2 rings (SSSR count). The molecule has 0 aliphatic heterocycles. The lowest BCUT2D eigenvalue weighted by Gasteiger charge is -2.10. The molecule has 0 aliphatic rings. The summed E-state index contributed by atoms with van der Waals surface area (Å²) >= 11 is 0. The first-order valence-corrected chi connectivity index (χ1v) is 8.08. The van der Waals surface area contributed by atoms with Gasteiger partial charge in [0.1, 0.15) is 0 Å². The summed E-state index contributed by atoms with van der Waals surface area (Å²) in [7, 11) is -3.75. The van der Waals surface area contributed by atoms with E-state index in [-0.39, 0.29) is 0 Å². The van der Waals surface area contributed by atoms with Crippen molar-refractivity contribution in [3.05, 3.63) is 59.2 Å². The minimum Gasteiger partial charge on any atom is -0.381 e. The Morgan fingerprint density at radius 1 is 1.00 bits per heavy atom. The quantitative estimate of drug-likeness (QED) is 0.793. The lowest BCUT2D eigenvalue weighted by Crippen LogP contribution is -2.21. The average molecular weight is 305 g/mol. The van der Waals surface area contributed by atoms with Crippen LogP contribution in [0.25, 0.3) is 0 Å². The van der Waals surface area contributed by atoms with Gasteiger partial charge in [-0.3, -0.25) is 4.72 Å². The molecule has 0 saturated heterocycles. The van der Waals surface area contributed by atoms with Crippen LogP contribution >= 0.6 is 0 Å². The van der Waals surface area contributed by atoms with Gasteiger partial charge in [-0.2, -0.15) is 8.42 Å². The van der Waals surface area contributed by atoms with Gasteiger partial charge in [-0.1, -0.05) is 35.4 Å². The summed E-state index contributed by atoms with van der Waals surface area (Å²) in [5, 5.41) is 8.22. The van der Waals surface area contributed by atoms with Crippen molar-refractivity contribution in [1.82, 2.24) is 0 Å². The van der Waals surface area contributed by atoms with Crippen LogP contribution in [0.2, 0.25) is 0 Å². The standard InChI is InChI=1S/C15H19N3O2S/c1-11-6-12(2)8-13(7-11)10-17-14-4-3-5-15(9-14)18-21(16,19)20/h3-9,17-18H,10H2,1-2H3,(H2,16,19,20). The molecule has 4 N–H and O–H groups in total. The topological polar surface area (TPSA) is 84.2 Å². The zero-order chi connectivity index (χ0) is 15.5. The second-order valence-corrected chi connectivity index (χ2v) is 6.37. The van der Waals surface area contributed by atoms with Gasteiger partial charge in [0.25, 0.3) is 10.2 Å². The summed E-state index contributed by atoms with van der Waals surface area (Å²) < 4.78 is 24.3. The van der Waals surface area contributed by atoms with Crippen LogP contribution in [0.4, 0.5) is 11.4 Å². The van der Waals surface area contributed by atoms with E-state index in [0.717, 1.165) is 5.69 Å². The molecule has 0 heterocycles. The minimum absolute atomic E-state index is 0.433. The van der Waals surface area contributed by atoms with Crippen LogP contribution in [0.3, 0.4) is 0 Å². The van der Waals surface area contributed by atoms with Crippen molar-refractivity contribution in [3.63, 3.8) is 0 Å². The smallest absolute Gasteiger partial charge is 0.296 e. The highest BCUT2D eigenvalue weighted by molar-refractivity contribution is 7.90. The maximum Gasteiger partial charge on any atom is 0.296 e. The van der Waals surface area contributed by atoms with E-state index < -0.39 is 10.2 Å². The highest BCUT2D eigenvalue weighted by atomic mass is 32.2. The summed E-state index contributed by atoms with van der Waals surface area (Å²) in [6.45, 7) is 4.79. The number of anilines is 2. The summed E-state index contributed by atoms with van der Waals surface area (Å²) in [6.07, 6.45) is 0. The largest absolute Gasteiger partial charge is 0.381 e. The molecule has 0 aromatic heterocycles. The van der Waals surface area contributed by atoms with Crippen molar-refractivity contribution in [2.45, 2.75) is 20.4 Å². The van der Waals surface area contributed by atoms with Gasteiger partial charge in [-0.05, 0) is 37.6 Å². The molecule has 6 heteroatoms. The third kappa shape index (κ3) is 5.09. The van der Waals surface area contributed by atoms with Crippen molar-refractivity contribution in [1.29, 1.82) is 0 Å². The highest BCUT2D eigenvalue weighted by Crippen LogP contribution is 2.17. The zero-order valence-corrected chi connectivity index (χ0v) is 12.9. The number of hydrogen-bond donors (Lipinski definition) is 3. The maximum atomic E-state index is 11.0. The summed E-state index contributed by atoms with van der Waals surface area (Å²) in [5.41, 5.74) is 4.87. The number of nitrogens with one attached hydrogen (secondary N) is 2. The van der Waals surface area contributed by atoms with Gasteiger partial charge in [0.2, 0.25) is 0 Å². The van der Waals surface area contributed by atoms with E-state index in [1.807, 2.05) is 6.07 Å². The van der Waals surface area contributed by atoms with Gasteiger partial charge in [-0.25, -0.2) is 5.14 Å². The van der Waals surface area contributed by atoms with Crippen LogP contribution in [0.1, 0.15) is 16.7 Å². The fourth-order valence-electron chi connectivity index (χ4n) is 2.23. The molecule has 0 bridgehead atoms. The Kier molecular flexibility index (Phi) is 4.50. The SMILES string of the molecule is Cc1cc(C)cc(CNc2cccc(NS(N)(=O)=O)c2)c1. The third-order valence-electron chi connectivity index (χ3n) is 2.90.